The molecule has 2 heterocycles. The van der Waals surface area contributed by atoms with Gasteiger partial charge in [0.05, 0.1) is 0 Å². The molecule has 0 spiro atoms. The Morgan fingerprint density at radius 2 is 2.00 bits per heavy atom. The molecule has 108 valence electrons. The van der Waals surface area contributed by atoms with Crippen molar-refractivity contribution in [2.75, 3.05) is 26.2 Å². The van der Waals surface area contributed by atoms with E-state index in [1.807, 2.05) is 13.8 Å². The maximum Gasteiger partial charge on any atom is 0.0165 e. The van der Waals surface area contributed by atoms with Crippen LogP contribution >= 0.6 is 0 Å². The van der Waals surface area contributed by atoms with E-state index in [0.29, 0.717) is 5.41 Å². The normalized spacial score (nSPS) is 36.8. The minimum Gasteiger partial charge on any atom is -0.313 e. The highest BCUT2D eigenvalue weighted by molar-refractivity contribution is 5.00. The van der Waals surface area contributed by atoms with Gasteiger partial charge in [-0.05, 0) is 49.7 Å². The van der Waals surface area contributed by atoms with Crippen LogP contribution in [0.15, 0.2) is 0 Å². The fourth-order valence-corrected chi connectivity index (χ4v) is 3.64. The molecule has 1 N–H and O–H groups in total. The molecule has 2 rings (SSSR count). The first-order valence-corrected chi connectivity index (χ1v) is 8.03. The number of nitrogens with zero attached hydrogens (tertiary/aromatic N) is 1. The predicted octanol–water partition coefficient (Wildman–Crippen LogP) is 3.38. The fourth-order valence-electron chi connectivity index (χ4n) is 3.64. The zero-order chi connectivity index (χ0) is 13.8. The van der Waals surface area contributed by atoms with Gasteiger partial charge in [0.25, 0.3) is 0 Å². The molecule has 0 aromatic heterocycles. The summed E-state index contributed by atoms with van der Waals surface area (Å²) in [6.07, 6.45) is 2.73. The molecule has 0 aliphatic carbocycles. The smallest absolute Gasteiger partial charge is 0.0165 e. The van der Waals surface area contributed by atoms with E-state index < -0.39 is 0 Å². The van der Waals surface area contributed by atoms with Crippen LogP contribution in [0, 0.1) is 17.3 Å². The van der Waals surface area contributed by atoms with Crippen LogP contribution < -0.4 is 5.32 Å². The molecule has 0 radical (unpaired) electrons. The zero-order valence-corrected chi connectivity index (χ0v) is 13.4. The molecule has 2 aliphatic heterocycles. The lowest BCUT2D eigenvalue weighted by Gasteiger charge is -2.40. The summed E-state index contributed by atoms with van der Waals surface area (Å²) >= 11 is 0. The van der Waals surface area contributed by atoms with Crippen molar-refractivity contribution >= 4 is 0 Å². The van der Waals surface area contributed by atoms with E-state index in [1.54, 1.807) is 0 Å². The average Bonchev–Trinajstić information content (AvgIpc) is 2.79. The second kappa shape index (κ2) is 6.91. The summed E-state index contributed by atoms with van der Waals surface area (Å²) in [5.41, 5.74) is 0.491. The number of likely N-dealkylation sites (tertiary alicyclic amines) is 1. The van der Waals surface area contributed by atoms with Gasteiger partial charge < -0.3 is 10.2 Å². The topological polar surface area (TPSA) is 15.3 Å². The summed E-state index contributed by atoms with van der Waals surface area (Å²) in [4.78, 5) is 2.65. The van der Waals surface area contributed by atoms with Gasteiger partial charge in [-0.1, -0.05) is 41.5 Å². The highest BCUT2D eigenvalue weighted by Crippen LogP contribution is 2.43. The number of rotatable bonds is 2. The van der Waals surface area contributed by atoms with Crippen molar-refractivity contribution in [1.82, 2.24) is 10.2 Å². The summed E-state index contributed by atoms with van der Waals surface area (Å²) in [5.74, 6) is 1.66. The van der Waals surface area contributed by atoms with E-state index >= 15 is 0 Å². The number of hydrogen-bond donors (Lipinski definition) is 1. The van der Waals surface area contributed by atoms with Crippen molar-refractivity contribution in [2.24, 2.45) is 17.3 Å². The Labute approximate surface area is 115 Å². The van der Waals surface area contributed by atoms with Crippen LogP contribution in [0.25, 0.3) is 0 Å². The van der Waals surface area contributed by atoms with Crippen LogP contribution in [-0.2, 0) is 0 Å². The fraction of sp³-hybridized carbons (Fsp3) is 1.00. The molecule has 2 nitrogen and oxygen atoms in total. The molecule has 0 amide bonds. The third-order valence-electron chi connectivity index (χ3n) is 5.29. The Hall–Kier alpha value is -0.0800. The Bertz CT molecular complexity index is 239. The van der Waals surface area contributed by atoms with Gasteiger partial charge in [-0.3, -0.25) is 0 Å². The summed E-state index contributed by atoms with van der Waals surface area (Å²) in [6.45, 7) is 18.7. The van der Waals surface area contributed by atoms with Crippen LogP contribution in [0.2, 0.25) is 0 Å². The van der Waals surface area contributed by atoms with E-state index in [-0.39, 0.29) is 0 Å². The van der Waals surface area contributed by atoms with Crippen molar-refractivity contribution < 1.29 is 0 Å². The summed E-state index contributed by atoms with van der Waals surface area (Å²) in [7, 11) is 0. The van der Waals surface area contributed by atoms with E-state index in [4.69, 9.17) is 0 Å². The van der Waals surface area contributed by atoms with Gasteiger partial charge in [-0.25, -0.2) is 0 Å². The van der Waals surface area contributed by atoms with Crippen LogP contribution in [0.5, 0.6) is 0 Å². The lowest BCUT2D eigenvalue weighted by atomic mass is 9.68. The van der Waals surface area contributed by atoms with Gasteiger partial charge in [0.2, 0.25) is 0 Å². The largest absolute Gasteiger partial charge is 0.313 e. The molecule has 0 bridgehead atoms. The van der Waals surface area contributed by atoms with Crippen molar-refractivity contribution in [2.45, 2.75) is 60.4 Å². The molecule has 2 heteroatoms. The number of hydrogen-bond acceptors (Lipinski definition) is 2. The highest BCUT2D eigenvalue weighted by Gasteiger charge is 2.45. The minimum absolute atomic E-state index is 0.491. The van der Waals surface area contributed by atoms with E-state index in [0.717, 1.165) is 17.9 Å². The predicted molar refractivity (Wildman–Crippen MR) is 80.9 cm³/mol. The Morgan fingerprint density at radius 1 is 1.33 bits per heavy atom. The van der Waals surface area contributed by atoms with Gasteiger partial charge in [0.15, 0.2) is 0 Å². The Morgan fingerprint density at radius 3 is 2.56 bits per heavy atom. The second-order valence-corrected chi connectivity index (χ2v) is 6.28. The molecule has 3 unspecified atom stereocenters. The van der Waals surface area contributed by atoms with Crippen LogP contribution in [0.3, 0.4) is 0 Å². The molecule has 18 heavy (non-hydrogen) atoms. The molecule has 3 atom stereocenters. The second-order valence-electron chi connectivity index (χ2n) is 6.28. The van der Waals surface area contributed by atoms with Gasteiger partial charge in [-0.2, -0.15) is 0 Å². The minimum atomic E-state index is 0.491. The first-order valence-electron chi connectivity index (χ1n) is 8.03. The van der Waals surface area contributed by atoms with Crippen LogP contribution in [0.1, 0.15) is 54.4 Å². The lowest BCUT2D eigenvalue weighted by Crippen LogP contribution is -2.46. The highest BCUT2D eigenvalue weighted by atomic mass is 15.1. The summed E-state index contributed by atoms with van der Waals surface area (Å²) in [6, 6.07) is 0.754. The van der Waals surface area contributed by atoms with Gasteiger partial charge in [-0.15, -0.1) is 0 Å². The summed E-state index contributed by atoms with van der Waals surface area (Å²) in [5, 5.41) is 3.79. The number of nitrogens with one attached hydrogen (secondary N) is 1. The molecular weight excluding hydrogens is 220 g/mol. The van der Waals surface area contributed by atoms with E-state index in [9.17, 15) is 0 Å². The molecule has 0 aromatic rings. The van der Waals surface area contributed by atoms with Crippen molar-refractivity contribution in [3.05, 3.63) is 0 Å². The van der Waals surface area contributed by atoms with Gasteiger partial charge >= 0.3 is 0 Å². The first kappa shape index (κ1) is 16.0. The quantitative estimate of drug-likeness (QED) is 0.813. The maximum absolute atomic E-state index is 3.79. The van der Waals surface area contributed by atoms with Gasteiger partial charge in [0, 0.05) is 12.6 Å². The third-order valence-corrected chi connectivity index (χ3v) is 5.29. The Balaban J connectivity index is 0.000000771. The van der Waals surface area contributed by atoms with Crippen LogP contribution in [-0.4, -0.2) is 37.1 Å². The zero-order valence-electron chi connectivity index (χ0n) is 13.4. The Kier molecular flexibility index (Phi) is 6.13. The van der Waals surface area contributed by atoms with Crippen molar-refractivity contribution in [3.63, 3.8) is 0 Å². The monoisotopic (exact) mass is 254 g/mol. The first-order chi connectivity index (χ1) is 8.58. The van der Waals surface area contributed by atoms with Crippen molar-refractivity contribution in [1.29, 1.82) is 0 Å². The number of fused-ring (bicyclic) bond motifs is 1. The van der Waals surface area contributed by atoms with Crippen molar-refractivity contribution in [3.8, 4) is 0 Å². The average molecular weight is 254 g/mol. The van der Waals surface area contributed by atoms with Gasteiger partial charge in [0.1, 0.15) is 0 Å². The molecule has 0 aromatic carbocycles. The SMILES string of the molecule is CC.CCN1CCC(C)(C(C)C)C2NCCC2C1. The molecule has 0 saturated carbocycles. The molecule has 2 aliphatic rings. The molecular formula is C16H34N2. The maximum atomic E-state index is 3.79. The summed E-state index contributed by atoms with van der Waals surface area (Å²) < 4.78 is 0. The van der Waals surface area contributed by atoms with Crippen LogP contribution in [0.4, 0.5) is 0 Å². The van der Waals surface area contributed by atoms with E-state index in [1.165, 1.54) is 39.0 Å². The lowest BCUT2D eigenvalue weighted by molar-refractivity contribution is 0.127. The molecule has 2 saturated heterocycles. The van der Waals surface area contributed by atoms with E-state index in [2.05, 4.69) is 37.9 Å². The standard InChI is InChI=1S/C14H28N2.C2H6/c1-5-16-9-7-14(4,11(2)3)13-12(10-16)6-8-15-13;1-2/h11-13,15H,5-10H2,1-4H3;1-2H3. The molecule has 2 fully saturated rings. The third kappa shape index (κ3) is 3.08.